The van der Waals surface area contributed by atoms with Gasteiger partial charge in [0.2, 0.25) is 5.91 Å². The van der Waals surface area contributed by atoms with Gasteiger partial charge in [-0.25, -0.2) is 0 Å². The molecule has 1 heterocycles. The maximum Gasteiger partial charge on any atom is 0.225 e. The van der Waals surface area contributed by atoms with Gasteiger partial charge in [-0.2, -0.15) is 0 Å². The second kappa shape index (κ2) is 7.36. The quantitative estimate of drug-likeness (QED) is 0.804. The van der Waals surface area contributed by atoms with E-state index in [1.807, 2.05) is 0 Å². The molecule has 5 heteroatoms. The second-order valence-electron chi connectivity index (χ2n) is 6.02. The normalized spacial score (nSPS) is 23.6. The van der Waals surface area contributed by atoms with Crippen LogP contribution in [0.2, 0.25) is 0 Å². The summed E-state index contributed by atoms with van der Waals surface area (Å²) in [5.74, 6) is 0.667. The Hall–Kier alpha value is -0.680. The van der Waals surface area contributed by atoms with Gasteiger partial charge in [0.1, 0.15) is 0 Å². The van der Waals surface area contributed by atoms with Crippen molar-refractivity contribution < 1.29 is 4.79 Å². The van der Waals surface area contributed by atoms with Crippen LogP contribution >= 0.6 is 12.2 Å². The number of thiocarbonyl (C=S) groups is 1. The molecule has 0 aromatic carbocycles. The Kier molecular flexibility index (Phi) is 5.78. The fraction of sp³-hybridized carbons (Fsp3) is 0.867. The lowest BCUT2D eigenvalue weighted by Crippen LogP contribution is -2.55. The number of carbonyl (C=O) groups is 1. The molecule has 20 heavy (non-hydrogen) atoms. The molecule has 1 unspecified atom stereocenters. The Bertz CT molecular complexity index is 347. The zero-order chi connectivity index (χ0) is 14.5. The van der Waals surface area contributed by atoms with Crippen LogP contribution in [0.15, 0.2) is 0 Å². The van der Waals surface area contributed by atoms with Crippen molar-refractivity contribution in [3.8, 4) is 0 Å². The Morgan fingerprint density at radius 2 is 1.80 bits per heavy atom. The number of hydrogen-bond donors (Lipinski definition) is 1. The van der Waals surface area contributed by atoms with Gasteiger partial charge in [0.15, 0.2) is 0 Å². The summed E-state index contributed by atoms with van der Waals surface area (Å²) in [5, 5.41) is 0. The standard InChI is InChI=1S/C15H27N3OS/c1-2-13(14(16)20)17-8-10-18(11-9-17)15(19)12-6-4-3-5-7-12/h12-13H,2-11H2,1H3,(H2,16,20). The lowest BCUT2D eigenvalue weighted by Gasteiger charge is -2.40. The highest BCUT2D eigenvalue weighted by atomic mass is 32.1. The van der Waals surface area contributed by atoms with Crippen LogP contribution in [0.5, 0.6) is 0 Å². The summed E-state index contributed by atoms with van der Waals surface area (Å²) in [4.78, 5) is 17.5. The molecular formula is C15H27N3OS. The molecule has 0 bridgehead atoms. The van der Waals surface area contributed by atoms with Crippen molar-refractivity contribution in [2.45, 2.75) is 51.5 Å². The van der Waals surface area contributed by atoms with Crippen molar-refractivity contribution in [3.63, 3.8) is 0 Å². The first-order valence-corrected chi connectivity index (χ1v) is 8.36. The molecule has 114 valence electrons. The van der Waals surface area contributed by atoms with E-state index in [0.717, 1.165) is 45.4 Å². The predicted octanol–water partition coefficient (Wildman–Crippen LogP) is 1.78. The number of nitrogens with two attached hydrogens (primary N) is 1. The fourth-order valence-electron chi connectivity index (χ4n) is 3.50. The Balaban J connectivity index is 1.84. The molecule has 1 aliphatic heterocycles. The summed E-state index contributed by atoms with van der Waals surface area (Å²) in [5.41, 5.74) is 5.80. The number of piperazine rings is 1. The maximum absolute atomic E-state index is 12.5. The van der Waals surface area contributed by atoms with Gasteiger partial charge in [0, 0.05) is 32.1 Å². The largest absolute Gasteiger partial charge is 0.392 e. The summed E-state index contributed by atoms with van der Waals surface area (Å²) in [6.45, 7) is 5.56. The minimum Gasteiger partial charge on any atom is -0.392 e. The van der Waals surface area contributed by atoms with Crippen molar-refractivity contribution in [3.05, 3.63) is 0 Å². The molecule has 2 aliphatic rings. The van der Waals surface area contributed by atoms with Crippen LogP contribution in [-0.4, -0.2) is 52.9 Å². The molecule has 0 aromatic heterocycles. The van der Waals surface area contributed by atoms with Crippen LogP contribution in [0.4, 0.5) is 0 Å². The van der Waals surface area contributed by atoms with E-state index in [1.165, 1.54) is 19.3 Å². The number of rotatable bonds is 4. The minimum atomic E-state index is 0.192. The van der Waals surface area contributed by atoms with Gasteiger partial charge in [-0.3, -0.25) is 9.69 Å². The van der Waals surface area contributed by atoms with Crippen molar-refractivity contribution in [1.29, 1.82) is 0 Å². The van der Waals surface area contributed by atoms with Crippen LogP contribution in [0.3, 0.4) is 0 Å². The number of amides is 1. The van der Waals surface area contributed by atoms with Crippen molar-refractivity contribution in [1.82, 2.24) is 9.80 Å². The molecule has 0 radical (unpaired) electrons. The Morgan fingerprint density at radius 1 is 1.20 bits per heavy atom. The summed E-state index contributed by atoms with van der Waals surface area (Å²) in [7, 11) is 0. The Labute approximate surface area is 127 Å². The third kappa shape index (κ3) is 3.70. The summed E-state index contributed by atoms with van der Waals surface area (Å²) in [6.07, 6.45) is 6.86. The average Bonchev–Trinajstić information content (AvgIpc) is 2.48. The van der Waals surface area contributed by atoms with Gasteiger partial charge < -0.3 is 10.6 Å². The van der Waals surface area contributed by atoms with Gasteiger partial charge in [-0.15, -0.1) is 0 Å². The van der Waals surface area contributed by atoms with Crippen LogP contribution in [0.1, 0.15) is 45.4 Å². The van der Waals surface area contributed by atoms with Gasteiger partial charge >= 0.3 is 0 Å². The molecule has 1 atom stereocenters. The third-order valence-electron chi connectivity index (χ3n) is 4.74. The van der Waals surface area contributed by atoms with E-state index in [1.54, 1.807) is 0 Å². The second-order valence-corrected chi connectivity index (χ2v) is 6.49. The van der Waals surface area contributed by atoms with Crippen LogP contribution in [-0.2, 0) is 4.79 Å². The third-order valence-corrected chi connectivity index (χ3v) is 5.01. The van der Waals surface area contributed by atoms with Gasteiger partial charge in [0.25, 0.3) is 0 Å². The van der Waals surface area contributed by atoms with E-state index in [9.17, 15) is 4.79 Å². The smallest absolute Gasteiger partial charge is 0.225 e. The molecule has 1 amide bonds. The fourth-order valence-corrected chi connectivity index (χ4v) is 3.82. The topological polar surface area (TPSA) is 49.6 Å². The number of carbonyl (C=O) groups excluding carboxylic acids is 1. The maximum atomic E-state index is 12.5. The van der Waals surface area contributed by atoms with Crippen molar-refractivity contribution in [2.24, 2.45) is 11.7 Å². The summed E-state index contributed by atoms with van der Waals surface area (Å²) >= 11 is 5.14. The molecule has 1 aliphatic carbocycles. The summed E-state index contributed by atoms with van der Waals surface area (Å²) < 4.78 is 0. The number of nitrogens with zero attached hydrogens (tertiary/aromatic N) is 2. The van der Waals surface area contributed by atoms with Gasteiger partial charge in [-0.1, -0.05) is 38.4 Å². The highest BCUT2D eigenvalue weighted by Gasteiger charge is 2.30. The van der Waals surface area contributed by atoms with Gasteiger partial charge in [0.05, 0.1) is 11.0 Å². The van der Waals surface area contributed by atoms with E-state index in [-0.39, 0.29) is 12.0 Å². The van der Waals surface area contributed by atoms with Crippen LogP contribution in [0.25, 0.3) is 0 Å². The van der Waals surface area contributed by atoms with Gasteiger partial charge in [-0.05, 0) is 19.3 Å². The SMILES string of the molecule is CCC(C(N)=S)N1CCN(C(=O)C2CCCCC2)CC1. The first-order chi connectivity index (χ1) is 9.63. The van der Waals surface area contributed by atoms with E-state index in [4.69, 9.17) is 18.0 Å². The molecule has 0 aromatic rings. The molecule has 2 N–H and O–H groups in total. The molecular weight excluding hydrogens is 270 g/mol. The predicted molar refractivity (Wildman–Crippen MR) is 85.6 cm³/mol. The average molecular weight is 297 g/mol. The van der Waals surface area contributed by atoms with E-state index < -0.39 is 0 Å². The summed E-state index contributed by atoms with van der Waals surface area (Å²) in [6, 6.07) is 0.192. The van der Waals surface area contributed by atoms with Crippen molar-refractivity contribution >= 4 is 23.1 Å². The molecule has 4 nitrogen and oxygen atoms in total. The van der Waals surface area contributed by atoms with Crippen LogP contribution in [0, 0.1) is 5.92 Å². The highest BCUT2D eigenvalue weighted by Crippen LogP contribution is 2.26. The van der Waals surface area contributed by atoms with Crippen LogP contribution < -0.4 is 5.73 Å². The lowest BCUT2D eigenvalue weighted by atomic mass is 9.88. The lowest BCUT2D eigenvalue weighted by molar-refractivity contribution is -0.138. The van der Waals surface area contributed by atoms with E-state index in [2.05, 4.69) is 16.7 Å². The zero-order valence-corrected chi connectivity index (χ0v) is 13.3. The molecule has 1 saturated heterocycles. The molecule has 2 fully saturated rings. The highest BCUT2D eigenvalue weighted by molar-refractivity contribution is 7.80. The first kappa shape index (κ1) is 15.7. The first-order valence-electron chi connectivity index (χ1n) is 7.95. The zero-order valence-electron chi connectivity index (χ0n) is 12.5. The Morgan fingerprint density at radius 3 is 2.30 bits per heavy atom. The van der Waals surface area contributed by atoms with Crippen molar-refractivity contribution in [2.75, 3.05) is 26.2 Å². The molecule has 0 spiro atoms. The monoisotopic (exact) mass is 297 g/mol. The molecule has 2 rings (SSSR count). The van der Waals surface area contributed by atoms with E-state index >= 15 is 0 Å². The molecule has 1 saturated carbocycles. The van der Waals surface area contributed by atoms with E-state index in [0.29, 0.717) is 10.9 Å². The number of hydrogen-bond acceptors (Lipinski definition) is 3. The minimum absolute atomic E-state index is 0.192.